The standard InChI is InChI=1S/C27H25N3O/c1-19-8-4-6-10-23(19)17-31-27(26-16-29-18-30(26)3)21-12-13-22(15-28)25(14-21)24-11-7-5-9-20(24)2/h4-14,16,18,27H,17H2,1-3H3. The van der Waals surface area contributed by atoms with Gasteiger partial charge in [-0.25, -0.2) is 4.98 Å². The molecule has 1 atom stereocenters. The summed E-state index contributed by atoms with van der Waals surface area (Å²) in [5.74, 6) is 0. The van der Waals surface area contributed by atoms with Crippen LogP contribution in [0.25, 0.3) is 11.1 Å². The highest BCUT2D eigenvalue weighted by molar-refractivity contribution is 5.74. The highest BCUT2D eigenvalue weighted by Crippen LogP contribution is 2.33. The van der Waals surface area contributed by atoms with Crippen molar-refractivity contribution in [2.45, 2.75) is 26.6 Å². The maximum Gasteiger partial charge on any atom is 0.124 e. The van der Waals surface area contributed by atoms with Gasteiger partial charge < -0.3 is 9.30 Å². The first kappa shape index (κ1) is 20.6. The molecule has 154 valence electrons. The number of nitrogens with zero attached hydrogens (tertiary/aromatic N) is 3. The Hall–Kier alpha value is -3.68. The molecule has 3 aromatic carbocycles. The van der Waals surface area contributed by atoms with E-state index < -0.39 is 0 Å². The molecule has 0 fully saturated rings. The molecule has 0 aliphatic carbocycles. The molecule has 0 radical (unpaired) electrons. The van der Waals surface area contributed by atoms with Gasteiger partial charge in [0.1, 0.15) is 6.10 Å². The molecule has 0 amide bonds. The molecule has 1 unspecified atom stereocenters. The minimum atomic E-state index is -0.303. The third-order valence-electron chi connectivity index (χ3n) is 5.69. The lowest BCUT2D eigenvalue weighted by Crippen LogP contribution is -2.11. The molecule has 0 N–H and O–H groups in total. The number of hydrogen-bond donors (Lipinski definition) is 0. The lowest BCUT2D eigenvalue weighted by molar-refractivity contribution is 0.0619. The molecular formula is C27H25N3O. The molecule has 0 bridgehead atoms. The van der Waals surface area contributed by atoms with Gasteiger partial charge in [-0.3, -0.25) is 0 Å². The Morgan fingerprint density at radius 1 is 0.968 bits per heavy atom. The number of ether oxygens (including phenoxy) is 1. The van der Waals surface area contributed by atoms with E-state index in [0.29, 0.717) is 12.2 Å². The second-order valence-corrected chi connectivity index (χ2v) is 7.78. The Morgan fingerprint density at radius 3 is 2.39 bits per heavy atom. The van der Waals surface area contributed by atoms with Gasteiger partial charge >= 0.3 is 0 Å². The van der Waals surface area contributed by atoms with Crippen molar-refractivity contribution in [1.29, 1.82) is 5.26 Å². The van der Waals surface area contributed by atoms with Crippen LogP contribution in [-0.2, 0) is 18.4 Å². The van der Waals surface area contributed by atoms with E-state index in [1.54, 1.807) is 6.33 Å². The minimum Gasteiger partial charge on any atom is -0.363 e. The molecule has 0 saturated carbocycles. The Morgan fingerprint density at radius 2 is 1.71 bits per heavy atom. The Bertz CT molecular complexity index is 1250. The normalized spacial score (nSPS) is 11.8. The SMILES string of the molecule is Cc1ccccc1COC(c1ccc(C#N)c(-c2ccccc2C)c1)c1cncn1C. The lowest BCUT2D eigenvalue weighted by Gasteiger charge is -2.21. The van der Waals surface area contributed by atoms with Crippen molar-refractivity contribution in [3.05, 3.63) is 113 Å². The van der Waals surface area contributed by atoms with Crippen molar-refractivity contribution in [2.24, 2.45) is 7.05 Å². The van der Waals surface area contributed by atoms with Crippen LogP contribution in [0.1, 0.15) is 39.6 Å². The fourth-order valence-corrected chi connectivity index (χ4v) is 3.84. The van der Waals surface area contributed by atoms with Crippen LogP contribution in [0.5, 0.6) is 0 Å². The lowest BCUT2D eigenvalue weighted by atomic mass is 9.93. The molecule has 0 aliphatic rings. The first-order valence-electron chi connectivity index (χ1n) is 10.3. The first-order valence-corrected chi connectivity index (χ1v) is 10.3. The van der Waals surface area contributed by atoms with Crippen molar-refractivity contribution < 1.29 is 4.74 Å². The fourth-order valence-electron chi connectivity index (χ4n) is 3.84. The van der Waals surface area contributed by atoms with Crippen molar-refractivity contribution in [3.63, 3.8) is 0 Å². The maximum atomic E-state index is 9.72. The molecular weight excluding hydrogens is 382 g/mol. The molecule has 31 heavy (non-hydrogen) atoms. The van der Waals surface area contributed by atoms with Gasteiger partial charge in [-0.1, -0.05) is 54.6 Å². The predicted molar refractivity (Wildman–Crippen MR) is 122 cm³/mol. The van der Waals surface area contributed by atoms with Crippen LogP contribution >= 0.6 is 0 Å². The van der Waals surface area contributed by atoms with Crippen LogP contribution in [0.3, 0.4) is 0 Å². The smallest absolute Gasteiger partial charge is 0.124 e. The van der Waals surface area contributed by atoms with E-state index in [0.717, 1.165) is 33.5 Å². The van der Waals surface area contributed by atoms with Crippen LogP contribution < -0.4 is 0 Å². The monoisotopic (exact) mass is 407 g/mol. The molecule has 1 aromatic heterocycles. The quantitative estimate of drug-likeness (QED) is 0.401. The van der Waals surface area contributed by atoms with Crippen molar-refractivity contribution in [3.8, 4) is 17.2 Å². The van der Waals surface area contributed by atoms with Crippen molar-refractivity contribution >= 4 is 0 Å². The van der Waals surface area contributed by atoms with Crippen molar-refractivity contribution in [1.82, 2.24) is 9.55 Å². The Balaban J connectivity index is 1.78. The third-order valence-corrected chi connectivity index (χ3v) is 5.69. The summed E-state index contributed by atoms with van der Waals surface area (Å²) in [4.78, 5) is 4.30. The first-order chi connectivity index (χ1) is 15.1. The van der Waals surface area contributed by atoms with Gasteiger partial charge in [0.25, 0.3) is 0 Å². The molecule has 1 heterocycles. The highest BCUT2D eigenvalue weighted by Gasteiger charge is 2.21. The molecule has 0 spiro atoms. The van der Waals surface area contributed by atoms with Gasteiger partial charge in [-0.2, -0.15) is 5.26 Å². The number of aryl methyl sites for hydroxylation is 3. The van der Waals surface area contributed by atoms with Gasteiger partial charge in [-0.05, 0) is 53.8 Å². The van der Waals surface area contributed by atoms with Crippen LogP contribution in [0.4, 0.5) is 0 Å². The van der Waals surface area contributed by atoms with Crippen LogP contribution in [-0.4, -0.2) is 9.55 Å². The summed E-state index contributed by atoms with van der Waals surface area (Å²) in [6, 6.07) is 24.7. The molecule has 0 aliphatic heterocycles. The van der Waals surface area contributed by atoms with Gasteiger partial charge in [0.15, 0.2) is 0 Å². The van der Waals surface area contributed by atoms with Crippen molar-refractivity contribution in [2.75, 3.05) is 0 Å². The van der Waals surface area contributed by atoms with Crippen LogP contribution in [0.2, 0.25) is 0 Å². The average molecular weight is 408 g/mol. The molecule has 4 heteroatoms. The minimum absolute atomic E-state index is 0.303. The van der Waals surface area contributed by atoms with E-state index in [1.165, 1.54) is 5.56 Å². The Labute approximate surface area is 183 Å². The van der Waals surface area contributed by atoms with Crippen LogP contribution in [0.15, 0.2) is 79.3 Å². The zero-order chi connectivity index (χ0) is 21.8. The maximum absolute atomic E-state index is 9.72. The third kappa shape index (κ3) is 4.28. The fraction of sp³-hybridized carbons (Fsp3) is 0.185. The number of imidazole rings is 1. The summed E-state index contributed by atoms with van der Waals surface area (Å²) in [6.45, 7) is 4.65. The molecule has 0 saturated heterocycles. The number of aromatic nitrogens is 2. The zero-order valence-electron chi connectivity index (χ0n) is 18.0. The van der Waals surface area contributed by atoms with Gasteiger partial charge in [0.05, 0.1) is 36.5 Å². The second-order valence-electron chi connectivity index (χ2n) is 7.78. The highest BCUT2D eigenvalue weighted by atomic mass is 16.5. The summed E-state index contributed by atoms with van der Waals surface area (Å²) >= 11 is 0. The summed E-state index contributed by atoms with van der Waals surface area (Å²) in [7, 11) is 1.97. The summed E-state index contributed by atoms with van der Waals surface area (Å²) in [5.41, 5.74) is 8.08. The number of benzene rings is 3. The Kier molecular flexibility index (Phi) is 5.97. The van der Waals surface area contributed by atoms with E-state index >= 15 is 0 Å². The largest absolute Gasteiger partial charge is 0.363 e. The topological polar surface area (TPSA) is 50.8 Å². The summed E-state index contributed by atoms with van der Waals surface area (Å²) in [5, 5.41) is 9.72. The van der Waals surface area contributed by atoms with E-state index in [9.17, 15) is 5.26 Å². The summed E-state index contributed by atoms with van der Waals surface area (Å²) in [6.07, 6.45) is 3.32. The van der Waals surface area contributed by atoms with E-state index in [4.69, 9.17) is 4.74 Å². The number of hydrogen-bond acceptors (Lipinski definition) is 3. The van der Waals surface area contributed by atoms with Crippen LogP contribution in [0, 0.1) is 25.2 Å². The predicted octanol–water partition coefficient (Wildman–Crippen LogP) is 5.88. The van der Waals surface area contributed by atoms with Gasteiger partial charge in [0, 0.05) is 12.6 Å². The number of rotatable bonds is 6. The summed E-state index contributed by atoms with van der Waals surface area (Å²) < 4.78 is 8.45. The zero-order valence-corrected chi connectivity index (χ0v) is 18.0. The van der Waals surface area contributed by atoms with E-state index in [2.05, 4.69) is 55.2 Å². The molecule has 4 aromatic rings. The number of nitriles is 1. The van der Waals surface area contributed by atoms with Gasteiger partial charge in [0.2, 0.25) is 0 Å². The molecule has 4 nitrogen and oxygen atoms in total. The van der Waals surface area contributed by atoms with E-state index in [-0.39, 0.29) is 6.10 Å². The second kappa shape index (κ2) is 8.99. The molecule has 4 rings (SSSR count). The van der Waals surface area contributed by atoms with Gasteiger partial charge in [-0.15, -0.1) is 0 Å². The average Bonchev–Trinajstić information content (AvgIpc) is 3.21. The van der Waals surface area contributed by atoms with E-state index in [1.807, 2.05) is 54.2 Å².